The molecule has 0 saturated carbocycles. The molecule has 1 aliphatic heterocycles. The summed E-state index contributed by atoms with van der Waals surface area (Å²) in [7, 11) is 0. The number of hydrogen-bond acceptors (Lipinski definition) is 3. The summed E-state index contributed by atoms with van der Waals surface area (Å²) in [5, 5.41) is 0. The van der Waals surface area contributed by atoms with Crippen molar-refractivity contribution in [2.24, 2.45) is 5.73 Å². The zero-order valence-corrected chi connectivity index (χ0v) is 13.0. The van der Waals surface area contributed by atoms with Crippen LogP contribution in [0.1, 0.15) is 27.6 Å². The van der Waals surface area contributed by atoms with Gasteiger partial charge in [0.15, 0.2) is 11.6 Å². The predicted molar refractivity (Wildman–Crippen MR) is 85.3 cm³/mol. The molecular weight excluding hydrogens is 314 g/mol. The minimum atomic E-state index is -0.920. The molecule has 2 aromatic rings. The second-order valence-corrected chi connectivity index (χ2v) is 5.69. The molecule has 6 heteroatoms. The summed E-state index contributed by atoms with van der Waals surface area (Å²) in [5.74, 6) is -1.94. The van der Waals surface area contributed by atoms with Crippen molar-refractivity contribution in [2.75, 3.05) is 19.7 Å². The highest BCUT2D eigenvalue weighted by Gasteiger charge is 2.26. The van der Waals surface area contributed by atoms with Crippen LogP contribution in [0.3, 0.4) is 0 Å². The molecule has 1 atom stereocenters. The zero-order valence-electron chi connectivity index (χ0n) is 13.0. The summed E-state index contributed by atoms with van der Waals surface area (Å²) in [6.07, 6.45) is -0.471. The van der Waals surface area contributed by atoms with Gasteiger partial charge in [0.1, 0.15) is 6.10 Å². The molecular formula is C18H18F2N2O2. The van der Waals surface area contributed by atoms with E-state index in [0.29, 0.717) is 37.4 Å². The maximum Gasteiger partial charge on any atom is 0.254 e. The molecule has 1 unspecified atom stereocenters. The Balaban J connectivity index is 1.74. The van der Waals surface area contributed by atoms with Crippen molar-refractivity contribution < 1.29 is 18.3 Å². The lowest BCUT2D eigenvalue weighted by atomic mass is 10.1. The largest absolute Gasteiger partial charge is 0.370 e. The van der Waals surface area contributed by atoms with E-state index >= 15 is 0 Å². The third kappa shape index (κ3) is 3.44. The number of carbonyl (C=O) groups is 1. The van der Waals surface area contributed by atoms with Gasteiger partial charge in [-0.2, -0.15) is 0 Å². The molecule has 3 rings (SSSR count). The number of amides is 1. The predicted octanol–water partition coefficient (Wildman–Crippen LogP) is 2.64. The standard InChI is InChI=1S/C18H18F2N2O2/c19-15-6-5-14(9-16(15)20)17-11-22(7-8-24-17)18(23)13-3-1-12(10-21)2-4-13/h1-6,9,17H,7-8,10-11,21H2. The highest BCUT2D eigenvalue weighted by molar-refractivity contribution is 5.94. The van der Waals surface area contributed by atoms with Gasteiger partial charge in [0.25, 0.3) is 5.91 Å². The molecule has 1 fully saturated rings. The van der Waals surface area contributed by atoms with Gasteiger partial charge in [0, 0.05) is 18.7 Å². The fraction of sp³-hybridized carbons (Fsp3) is 0.278. The summed E-state index contributed by atoms with van der Waals surface area (Å²) in [6.45, 7) is 1.51. The van der Waals surface area contributed by atoms with Crippen LogP contribution in [0.4, 0.5) is 8.78 Å². The Labute approximate surface area is 138 Å². The van der Waals surface area contributed by atoms with Crippen LogP contribution >= 0.6 is 0 Å². The van der Waals surface area contributed by atoms with Crippen LogP contribution in [0.25, 0.3) is 0 Å². The van der Waals surface area contributed by atoms with Gasteiger partial charge in [-0.25, -0.2) is 8.78 Å². The highest BCUT2D eigenvalue weighted by Crippen LogP contribution is 2.24. The number of hydrogen-bond donors (Lipinski definition) is 1. The van der Waals surface area contributed by atoms with Crippen molar-refractivity contribution in [3.8, 4) is 0 Å². The number of nitrogens with two attached hydrogens (primary N) is 1. The van der Waals surface area contributed by atoms with Gasteiger partial charge in [0.2, 0.25) is 0 Å². The second-order valence-electron chi connectivity index (χ2n) is 5.69. The molecule has 1 aliphatic rings. The van der Waals surface area contributed by atoms with E-state index in [9.17, 15) is 13.6 Å². The van der Waals surface area contributed by atoms with E-state index < -0.39 is 17.7 Å². The van der Waals surface area contributed by atoms with Crippen LogP contribution in [0, 0.1) is 11.6 Å². The first-order valence-corrected chi connectivity index (χ1v) is 7.73. The second kappa shape index (κ2) is 7.07. The quantitative estimate of drug-likeness (QED) is 0.940. The van der Waals surface area contributed by atoms with Crippen molar-refractivity contribution in [1.82, 2.24) is 4.90 Å². The van der Waals surface area contributed by atoms with Gasteiger partial charge in [-0.15, -0.1) is 0 Å². The van der Waals surface area contributed by atoms with Crippen LogP contribution in [0.2, 0.25) is 0 Å². The van der Waals surface area contributed by atoms with E-state index in [0.717, 1.165) is 17.7 Å². The van der Waals surface area contributed by atoms with E-state index in [4.69, 9.17) is 10.5 Å². The summed E-state index contributed by atoms with van der Waals surface area (Å²) in [4.78, 5) is 14.3. The Morgan fingerprint density at radius 3 is 2.58 bits per heavy atom. The number of carbonyl (C=O) groups excluding carboxylic acids is 1. The lowest BCUT2D eigenvalue weighted by molar-refractivity contribution is -0.0229. The molecule has 0 bridgehead atoms. The molecule has 2 N–H and O–H groups in total. The van der Waals surface area contributed by atoms with Gasteiger partial charge >= 0.3 is 0 Å². The maximum atomic E-state index is 13.4. The van der Waals surface area contributed by atoms with Crippen LogP contribution in [-0.4, -0.2) is 30.5 Å². The molecule has 0 spiro atoms. The highest BCUT2D eigenvalue weighted by atomic mass is 19.2. The minimum Gasteiger partial charge on any atom is -0.370 e. The molecule has 126 valence electrons. The molecule has 0 radical (unpaired) electrons. The smallest absolute Gasteiger partial charge is 0.254 e. The van der Waals surface area contributed by atoms with Gasteiger partial charge in [-0.3, -0.25) is 4.79 Å². The molecule has 24 heavy (non-hydrogen) atoms. The Hall–Kier alpha value is -2.31. The summed E-state index contributed by atoms with van der Waals surface area (Å²) in [5.41, 5.74) is 7.59. The first kappa shape index (κ1) is 16.5. The number of morpholine rings is 1. The van der Waals surface area contributed by atoms with E-state index in [1.807, 2.05) is 12.1 Å². The van der Waals surface area contributed by atoms with Crippen LogP contribution in [-0.2, 0) is 11.3 Å². The van der Waals surface area contributed by atoms with Gasteiger partial charge in [-0.1, -0.05) is 18.2 Å². The number of benzene rings is 2. The SMILES string of the molecule is NCc1ccc(C(=O)N2CCOC(c3ccc(F)c(F)c3)C2)cc1. The lowest BCUT2D eigenvalue weighted by Crippen LogP contribution is -2.42. The van der Waals surface area contributed by atoms with Crippen molar-refractivity contribution in [3.05, 3.63) is 70.8 Å². The molecule has 0 aromatic heterocycles. The normalized spacial score (nSPS) is 17.8. The van der Waals surface area contributed by atoms with Gasteiger partial charge in [0.05, 0.1) is 13.2 Å². The Kier molecular flexibility index (Phi) is 4.87. The van der Waals surface area contributed by atoms with Crippen molar-refractivity contribution in [1.29, 1.82) is 0 Å². The topological polar surface area (TPSA) is 55.6 Å². The van der Waals surface area contributed by atoms with Crippen molar-refractivity contribution >= 4 is 5.91 Å². The average molecular weight is 332 g/mol. The monoisotopic (exact) mass is 332 g/mol. The van der Waals surface area contributed by atoms with E-state index in [-0.39, 0.29) is 5.91 Å². The Morgan fingerprint density at radius 1 is 1.17 bits per heavy atom. The van der Waals surface area contributed by atoms with Crippen molar-refractivity contribution in [3.63, 3.8) is 0 Å². The fourth-order valence-corrected chi connectivity index (χ4v) is 2.71. The molecule has 2 aromatic carbocycles. The summed E-state index contributed by atoms with van der Waals surface area (Å²) < 4.78 is 32.1. The fourth-order valence-electron chi connectivity index (χ4n) is 2.71. The average Bonchev–Trinajstić information content (AvgIpc) is 2.63. The summed E-state index contributed by atoms with van der Waals surface area (Å²) in [6, 6.07) is 10.8. The third-order valence-corrected chi connectivity index (χ3v) is 4.11. The summed E-state index contributed by atoms with van der Waals surface area (Å²) >= 11 is 0. The zero-order chi connectivity index (χ0) is 17.1. The third-order valence-electron chi connectivity index (χ3n) is 4.11. The van der Waals surface area contributed by atoms with Gasteiger partial charge in [-0.05, 0) is 35.4 Å². The number of ether oxygens (including phenoxy) is 1. The molecule has 1 saturated heterocycles. The molecule has 1 amide bonds. The Bertz CT molecular complexity index is 734. The Morgan fingerprint density at radius 2 is 1.92 bits per heavy atom. The molecule has 1 heterocycles. The van der Waals surface area contributed by atoms with E-state index in [1.54, 1.807) is 17.0 Å². The first-order chi connectivity index (χ1) is 11.6. The van der Waals surface area contributed by atoms with Crippen molar-refractivity contribution in [2.45, 2.75) is 12.6 Å². The van der Waals surface area contributed by atoms with E-state index in [2.05, 4.69) is 0 Å². The van der Waals surface area contributed by atoms with E-state index in [1.165, 1.54) is 6.07 Å². The van der Waals surface area contributed by atoms with Crippen LogP contribution < -0.4 is 5.73 Å². The molecule has 0 aliphatic carbocycles. The molecule has 4 nitrogen and oxygen atoms in total. The number of nitrogens with zero attached hydrogens (tertiary/aromatic N) is 1. The maximum absolute atomic E-state index is 13.4. The van der Waals surface area contributed by atoms with Gasteiger partial charge < -0.3 is 15.4 Å². The van der Waals surface area contributed by atoms with Crippen LogP contribution in [0.5, 0.6) is 0 Å². The number of rotatable bonds is 3. The minimum absolute atomic E-state index is 0.116. The lowest BCUT2D eigenvalue weighted by Gasteiger charge is -2.33. The first-order valence-electron chi connectivity index (χ1n) is 7.73. The number of halogens is 2. The van der Waals surface area contributed by atoms with Crippen LogP contribution in [0.15, 0.2) is 42.5 Å².